The second kappa shape index (κ2) is 8.24. The van der Waals surface area contributed by atoms with E-state index in [0.717, 1.165) is 9.37 Å². The van der Waals surface area contributed by atoms with E-state index in [1.54, 1.807) is 30.3 Å². The number of amides is 3. The third-order valence-corrected chi connectivity index (χ3v) is 5.25. The van der Waals surface area contributed by atoms with Crippen molar-refractivity contribution in [2.75, 3.05) is 11.9 Å². The lowest BCUT2D eigenvalue weighted by atomic mass is 10.1. The molecule has 1 unspecified atom stereocenters. The van der Waals surface area contributed by atoms with Gasteiger partial charge in [0.15, 0.2) is 6.61 Å². The van der Waals surface area contributed by atoms with Crippen LogP contribution in [0, 0.1) is 0 Å². The van der Waals surface area contributed by atoms with Crippen molar-refractivity contribution in [1.82, 2.24) is 4.90 Å². The predicted molar refractivity (Wildman–Crippen MR) is 108 cm³/mol. The number of ether oxygens (including phenoxy) is 1. The Bertz CT molecular complexity index is 957. The number of imide groups is 1. The zero-order valence-corrected chi connectivity index (χ0v) is 17.7. The first-order chi connectivity index (χ1) is 13.3. The van der Waals surface area contributed by atoms with Crippen molar-refractivity contribution >= 4 is 61.2 Å². The molecule has 2 aromatic rings. The van der Waals surface area contributed by atoms with Crippen molar-refractivity contribution < 1.29 is 23.9 Å². The molecular formula is C19H14Br2N2O5. The molecule has 1 heterocycles. The molecule has 0 spiro atoms. The number of nitrogens with one attached hydrogen (secondary N) is 1. The van der Waals surface area contributed by atoms with Crippen LogP contribution < -0.4 is 5.32 Å². The second-order valence-corrected chi connectivity index (χ2v) is 7.75. The van der Waals surface area contributed by atoms with Crippen LogP contribution in [-0.2, 0) is 14.3 Å². The normalized spacial score (nSPS) is 13.9. The van der Waals surface area contributed by atoms with E-state index < -0.39 is 36.3 Å². The van der Waals surface area contributed by atoms with E-state index in [4.69, 9.17) is 4.74 Å². The van der Waals surface area contributed by atoms with E-state index in [9.17, 15) is 19.2 Å². The molecule has 0 radical (unpaired) electrons. The fraction of sp³-hybridized carbons (Fsp3) is 0.158. The third kappa shape index (κ3) is 4.00. The molecule has 144 valence electrons. The quantitative estimate of drug-likeness (QED) is 0.492. The number of hydrogen-bond donors (Lipinski definition) is 1. The highest BCUT2D eigenvalue weighted by molar-refractivity contribution is 9.11. The number of benzene rings is 2. The van der Waals surface area contributed by atoms with Crippen LogP contribution in [-0.4, -0.2) is 41.2 Å². The lowest BCUT2D eigenvalue weighted by Crippen LogP contribution is -2.44. The van der Waals surface area contributed by atoms with Gasteiger partial charge in [0.2, 0.25) is 0 Å². The zero-order chi connectivity index (χ0) is 20.4. The van der Waals surface area contributed by atoms with E-state index >= 15 is 0 Å². The maximum Gasteiger partial charge on any atom is 0.329 e. The Morgan fingerprint density at radius 1 is 1.07 bits per heavy atom. The van der Waals surface area contributed by atoms with Gasteiger partial charge < -0.3 is 10.1 Å². The Morgan fingerprint density at radius 2 is 1.68 bits per heavy atom. The molecule has 0 bridgehead atoms. The lowest BCUT2D eigenvalue weighted by molar-refractivity contribution is -0.150. The number of carbonyl (C=O) groups is 4. The Kier molecular flexibility index (Phi) is 5.95. The molecule has 0 aromatic heterocycles. The van der Waals surface area contributed by atoms with Crippen LogP contribution in [0.3, 0.4) is 0 Å². The standard InChI is InChI=1S/C19H14Br2N2O5/c1-10(23-17(25)12-4-2-3-5-13(12)18(23)26)19(27)28-9-16(24)22-15-7-6-11(20)8-14(15)21/h2-8,10H,9H2,1H3,(H,22,24). The van der Waals surface area contributed by atoms with Gasteiger partial charge in [0.25, 0.3) is 17.7 Å². The van der Waals surface area contributed by atoms with Crippen LogP contribution in [0.1, 0.15) is 27.6 Å². The average Bonchev–Trinajstić information content (AvgIpc) is 2.92. The Morgan fingerprint density at radius 3 is 2.25 bits per heavy atom. The Hall–Kier alpha value is -2.52. The number of nitrogens with zero attached hydrogens (tertiary/aromatic N) is 1. The zero-order valence-electron chi connectivity index (χ0n) is 14.6. The summed E-state index contributed by atoms with van der Waals surface area (Å²) in [6, 6.07) is 10.4. The van der Waals surface area contributed by atoms with E-state index in [1.165, 1.54) is 19.1 Å². The largest absolute Gasteiger partial charge is 0.454 e. The fourth-order valence-electron chi connectivity index (χ4n) is 2.70. The number of esters is 1. The van der Waals surface area contributed by atoms with Crippen LogP contribution in [0.2, 0.25) is 0 Å². The van der Waals surface area contributed by atoms with Gasteiger partial charge in [-0.2, -0.15) is 0 Å². The first kappa shape index (κ1) is 20.2. The molecule has 1 aliphatic heterocycles. The molecule has 28 heavy (non-hydrogen) atoms. The molecule has 3 amide bonds. The van der Waals surface area contributed by atoms with Gasteiger partial charge in [-0.25, -0.2) is 4.79 Å². The van der Waals surface area contributed by atoms with Crippen molar-refractivity contribution in [2.24, 2.45) is 0 Å². The number of hydrogen-bond acceptors (Lipinski definition) is 5. The Labute approximate surface area is 177 Å². The first-order valence-corrected chi connectivity index (χ1v) is 9.76. The van der Waals surface area contributed by atoms with Crippen molar-refractivity contribution in [3.63, 3.8) is 0 Å². The molecule has 7 nitrogen and oxygen atoms in total. The molecule has 0 saturated carbocycles. The summed E-state index contributed by atoms with van der Waals surface area (Å²) in [5.41, 5.74) is 0.993. The number of fused-ring (bicyclic) bond motifs is 1. The molecule has 1 aliphatic rings. The van der Waals surface area contributed by atoms with Crippen molar-refractivity contribution in [3.05, 3.63) is 62.5 Å². The van der Waals surface area contributed by atoms with E-state index in [2.05, 4.69) is 37.2 Å². The van der Waals surface area contributed by atoms with Crippen molar-refractivity contribution in [3.8, 4) is 0 Å². The highest BCUT2D eigenvalue weighted by atomic mass is 79.9. The SMILES string of the molecule is CC(C(=O)OCC(=O)Nc1ccc(Br)cc1Br)N1C(=O)c2ccccc2C1=O. The van der Waals surface area contributed by atoms with E-state index in [0.29, 0.717) is 10.2 Å². The summed E-state index contributed by atoms with van der Waals surface area (Å²) in [5, 5.41) is 2.60. The molecule has 0 aliphatic carbocycles. The minimum Gasteiger partial charge on any atom is -0.454 e. The van der Waals surface area contributed by atoms with Crippen molar-refractivity contribution in [1.29, 1.82) is 0 Å². The van der Waals surface area contributed by atoms with Gasteiger partial charge in [0.05, 0.1) is 16.8 Å². The maximum atomic E-state index is 12.4. The lowest BCUT2D eigenvalue weighted by Gasteiger charge is -2.20. The second-order valence-electron chi connectivity index (χ2n) is 5.98. The minimum absolute atomic E-state index is 0.241. The summed E-state index contributed by atoms with van der Waals surface area (Å²) in [6.45, 7) is 0.835. The molecule has 0 saturated heterocycles. The molecule has 1 atom stereocenters. The first-order valence-electron chi connectivity index (χ1n) is 8.18. The van der Waals surface area contributed by atoms with Crippen LogP contribution >= 0.6 is 31.9 Å². The van der Waals surface area contributed by atoms with Gasteiger partial charge in [-0.05, 0) is 53.2 Å². The van der Waals surface area contributed by atoms with Crippen LogP contribution in [0.4, 0.5) is 5.69 Å². The number of carbonyl (C=O) groups excluding carboxylic acids is 4. The highest BCUT2D eigenvalue weighted by Crippen LogP contribution is 2.26. The number of anilines is 1. The molecular weight excluding hydrogens is 496 g/mol. The smallest absolute Gasteiger partial charge is 0.329 e. The molecule has 9 heteroatoms. The summed E-state index contributed by atoms with van der Waals surface area (Å²) in [5.74, 6) is -2.52. The molecule has 3 rings (SSSR count). The fourth-order valence-corrected chi connectivity index (χ4v) is 3.85. The third-order valence-electron chi connectivity index (χ3n) is 4.10. The van der Waals surface area contributed by atoms with Crippen LogP contribution in [0.25, 0.3) is 0 Å². The summed E-state index contributed by atoms with van der Waals surface area (Å²) in [7, 11) is 0. The highest BCUT2D eigenvalue weighted by Gasteiger charge is 2.41. The van der Waals surface area contributed by atoms with Gasteiger partial charge in [-0.3, -0.25) is 19.3 Å². The van der Waals surface area contributed by atoms with Gasteiger partial charge in [-0.1, -0.05) is 28.1 Å². The van der Waals surface area contributed by atoms with E-state index in [-0.39, 0.29) is 11.1 Å². The Balaban J connectivity index is 1.60. The summed E-state index contributed by atoms with van der Waals surface area (Å²) in [4.78, 5) is 50.0. The van der Waals surface area contributed by atoms with Crippen LogP contribution in [0.5, 0.6) is 0 Å². The molecule has 0 fully saturated rings. The number of halogens is 2. The minimum atomic E-state index is -1.15. The average molecular weight is 510 g/mol. The predicted octanol–water partition coefficient (Wildman–Crippen LogP) is 3.38. The van der Waals surface area contributed by atoms with E-state index in [1.807, 2.05) is 0 Å². The van der Waals surface area contributed by atoms with Crippen molar-refractivity contribution in [2.45, 2.75) is 13.0 Å². The number of rotatable bonds is 5. The van der Waals surface area contributed by atoms with Gasteiger partial charge in [-0.15, -0.1) is 0 Å². The van der Waals surface area contributed by atoms with Gasteiger partial charge >= 0.3 is 5.97 Å². The molecule has 2 aromatic carbocycles. The monoisotopic (exact) mass is 508 g/mol. The van der Waals surface area contributed by atoms with Gasteiger partial charge in [0, 0.05) is 8.95 Å². The van der Waals surface area contributed by atoms with Gasteiger partial charge in [0.1, 0.15) is 6.04 Å². The summed E-state index contributed by atoms with van der Waals surface area (Å²) < 4.78 is 6.47. The van der Waals surface area contributed by atoms with Crippen LogP contribution in [0.15, 0.2) is 51.4 Å². The molecule has 1 N–H and O–H groups in total. The maximum absolute atomic E-state index is 12.4. The summed E-state index contributed by atoms with van der Waals surface area (Å²) >= 11 is 6.63. The topological polar surface area (TPSA) is 92.8 Å². The summed E-state index contributed by atoms with van der Waals surface area (Å²) in [6.07, 6.45) is 0.